The quantitative estimate of drug-likeness (QED) is 0.342. The van der Waals surface area contributed by atoms with Gasteiger partial charge in [0.05, 0.1) is 18.6 Å². The Hall–Kier alpha value is -2.18. The van der Waals surface area contributed by atoms with Crippen molar-refractivity contribution in [3.8, 4) is 11.5 Å². The largest absolute Gasteiger partial charge is 0.493 e. The van der Waals surface area contributed by atoms with E-state index in [1.54, 1.807) is 19.3 Å². The molecule has 0 saturated carbocycles. The van der Waals surface area contributed by atoms with Gasteiger partial charge >= 0.3 is 0 Å². The summed E-state index contributed by atoms with van der Waals surface area (Å²) < 4.78 is 19.3. The number of benzene rings is 1. The number of aldehydes is 1. The van der Waals surface area contributed by atoms with Crippen molar-refractivity contribution in [1.82, 2.24) is 0 Å². The van der Waals surface area contributed by atoms with Crippen molar-refractivity contribution in [2.24, 2.45) is 0 Å². The first-order valence-electron chi connectivity index (χ1n) is 12.0. The summed E-state index contributed by atoms with van der Waals surface area (Å²) in [6.07, 6.45) is 8.88. The van der Waals surface area contributed by atoms with Crippen LogP contribution in [0.2, 0.25) is 16.6 Å². The Bertz CT molecular complexity index is 906. The van der Waals surface area contributed by atoms with Crippen LogP contribution in [0.3, 0.4) is 0 Å². The third-order valence-electron chi connectivity index (χ3n) is 7.40. The summed E-state index contributed by atoms with van der Waals surface area (Å²) >= 11 is 0. The van der Waals surface area contributed by atoms with Gasteiger partial charge in [-0.15, -0.1) is 0 Å². The summed E-state index contributed by atoms with van der Waals surface area (Å²) in [5, 5.41) is 0. The summed E-state index contributed by atoms with van der Waals surface area (Å²) in [5.41, 5.74) is 2.53. The lowest BCUT2D eigenvalue weighted by Gasteiger charge is -2.51. The van der Waals surface area contributed by atoms with Gasteiger partial charge in [-0.05, 0) is 46.8 Å². The maximum atomic E-state index is 12.2. The van der Waals surface area contributed by atoms with Gasteiger partial charge in [-0.2, -0.15) is 0 Å². The average Bonchev–Trinajstić information content (AvgIpc) is 2.77. The molecule has 2 aliphatic rings. The number of aryl methyl sites for hydroxylation is 1. The molecule has 3 rings (SSSR count). The third-order valence-corrected chi connectivity index (χ3v) is 13.5. The number of allylic oxidation sites excluding steroid dienone is 2. The van der Waals surface area contributed by atoms with E-state index in [0.717, 1.165) is 17.4 Å². The second-order valence-corrected chi connectivity index (χ2v) is 15.5. The van der Waals surface area contributed by atoms with Crippen LogP contribution in [0.5, 0.6) is 11.5 Å². The van der Waals surface area contributed by atoms with E-state index < -0.39 is 13.7 Å². The second kappa shape index (κ2) is 9.98. The summed E-state index contributed by atoms with van der Waals surface area (Å²) in [7, 11) is -0.619. The van der Waals surface area contributed by atoms with E-state index in [2.05, 4.69) is 41.5 Å². The van der Waals surface area contributed by atoms with Crippen molar-refractivity contribution in [3.05, 3.63) is 47.6 Å². The third kappa shape index (κ3) is 4.35. The lowest BCUT2D eigenvalue weighted by Crippen LogP contribution is -2.57. The molecule has 6 heteroatoms. The molecule has 0 fully saturated rings. The zero-order chi connectivity index (χ0) is 24.4. The molecule has 0 aromatic heterocycles. The van der Waals surface area contributed by atoms with Gasteiger partial charge in [-0.3, -0.25) is 4.79 Å². The first-order valence-corrected chi connectivity index (χ1v) is 14.1. The molecular weight excluding hydrogens is 432 g/mol. The lowest BCUT2D eigenvalue weighted by molar-refractivity contribution is -0.110. The van der Waals surface area contributed by atoms with E-state index >= 15 is 0 Å². The normalized spacial score (nSPS) is 19.3. The molecule has 1 spiro atoms. The Kier molecular flexibility index (Phi) is 7.69. The molecule has 180 valence electrons. The Morgan fingerprint density at radius 1 is 1.09 bits per heavy atom. The van der Waals surface area contributed by atoms with Crippen LogP contribution in [0.4, 0.5) is 0 Å². The molecule has 1 aromatic carbocycles. The van der Waals surface area contributed by atoms with Gasteiger partial charge in [0.1, 0.15) is 12.9 Å². The van der Waals surface area contributed by atoms with Crippen molar-refractivity contribution < 1.29 is 23.5 Å². The summed E-state index contributed by atoms with van der Waals surface area (Å²) in [6, 6.07) is 3.90. The second-order valence-electron chi connectivity index (χ2n) is 10.1. The highest BCUT2D eigenvalue weighted by Gasteiger charge is 2.53. The minimum Gasteiger partial charge on any atom is -0.493 e. The van der Waals surface area contributed by atoms with Crippen LogP contribution >= 0.6 is 0 Å². The van der Waals surface area contributed by atoms with Gasteiger partial charge in [0.2, 0.25) is 8.32 Å². The van der Waals surface area contributed by atoms with Gasteiger partial charge in [-0.25, -0.2) is 0 Å². The number of carbonyl (C=O) groups excluding carboxylic acids is 2. The molecule has 0 bridgehead atoms. The number of carbonyl (C=O) groups is 2. The molecule has 0 saturated heterocycles. The predicted molar refractivity (Wildman–Crippen MR) is 134 cm³/mol. The molecule has 0 unspecified atom stereocenters. The highest BCUT2D eigenvalue weighted by molar-refractivity contribution is 6.77. The molecule has 1 aliphatic heterocycles. The highest BCUT2D eigenvalue weighted by Crippen LogP contribution is 2.52. The summed E-state index contributed by atoms with van der Waals surface area (Å²) in [6.45, 7) is 14.0. The Labute approximate surface area is 199 Å². The maximum Gasteiger partial charge on any atom is 0.201 e. The number of ether oxygens (including phenoxy) is 2. The zero-order valence-corrected chi connectivity index (χ0v) is 22.0. The molecule has 33 heavy (non-hydrogen) atoms. The van der Waals surface area contributed by atoms with Crippen LogP contribution < -0.4 is 9.47 Å². The van der Waals surface area contributed by atoms with Crippen molar-refractivity contribution >= 4 is 20.4 Å². The molecular formula is C27H38O5Si. The van der Waals surface area contributed by atoms with E-state index in [0.29, 0.717) is 47.6 Å². The van der Waals surface area contributed by atoms with Crippen LogP contribution in [0.25, 0.3) is 0 Å². The summed E-state index contributed by atoms with van der Waals surface area (Å²) in [4.78, 5) is 23.4. The number of hydrogen-bond acceptors (Lipinski definition) is 5. The van der Waals surface area contributed by atoms with Gasteiger partial charge in [0.25, 0.3) is 0 Å². The maximum absolute atomic E-state index is 12.2. The topological polar surface area (TPSA) is 61.8 Å². The van der Waals surface area contributed by atoms with Crippen molar-refractivity contribution in [2.45, 2.75) is 82.5 Å². The SMILES string of the molecule is COc1ccc(CCC=O)c2c1OC[C@H](O[Si](C(C)C)(C(C)C)C(C)C)C21C=CC(=O)C=C1. The molecule has 0 N–H and O–H groups in total. The first-order chi connectivity index (χ1) is 15.6. The van der Waals surface area contributed by atoms with Crippen LogP contribution in [0, 0.1) is 0 Å². The minimum atomic E-state index is -2.25. The van der Waals surface area contributed by atoms with Gasteiger partial charge < -0.3 is 18.7 Å². The summed E-state index contributed by atoms with van der Waals surface area (Å²) in [5.74, 6) is 1.29. The van der Waals surface area contributed by atoms with Crippen LogP contribution in [-0.4, -0.2) is 40.2 Å². The first kappa shape index (κ1) is 25.4. The number of hydrogen-bond donors (Lipinski definition) is 0. The fourth-order valence-electron chi connectivity index (χ4n) is 5.98. The highest BCUT2D eigenvalue weighted by atomic mass is 28.4. The molecule has 1 atom stereocenters. The Balaban J connectivity index is 2.24. The van der Waals surface area contributed by atoms with Crippen molar-refractivity contribution in [2.75, 3.05) is 13.7 Å². The number of rotatable bonds is 9. The number of ketones is 1. The van der Waals surface area contributed by atoms with E-state index in [1.807, 2.05) is 24.3 Å². The van der Waals surface area contributed by atoms with Gasteiger partial charge in [0.15, 0.2) is 17.3 Å². The zero-order valence-electron chi connectivity index (χ0n) is 21.0. The molecule has 1 aliphatic carbocycles. The fraction of sp³-hybridized carbons (Fsp3) is 0.556. The minimum absolute atomic E-state index is 0.0372. The lowest BCUT2D eigenvalue weighted by atomic mass is 9.69. The van der Waals surface area contributed by atoms with E-state index in [1.165, 1.54) is 0 Å². The van der Waals surface area contributed by atoms with E-state index in [-0.39, 0.29) is 11.9 Å². The smallest absolute Gasteiger partial charge is 0.201 e. The number of methoxy groups -OCH3 is 1. The standard InChI is InChI=1S/C27H38O5Si/c1-18(2)33(19(3)4,20(5)6)32-24-17-31-26-23(30-7)11-10-21(9-8-16-28)25(26)27(24)14-12-22(29)13-15-27/h10-16,18-20,24H,8-9,17H2,1-7H3/t24-/m0/s1. The Morgan fingerprint density at radius 3 is 2.21 bits per heavy atom. The molecule has 0 amide bonds. The van der Waals surface area contributed by atoms with E-state index in [4.69, 9.17) is 13.9 Å². The van der Waals surface area contributed by atoms with Crippen molar-refractivity contribution in [1.29, 1.82) is 0 Å². The van der Waals surface area contributed by atoms with Crippen LogP contribution in [0.1, 0.15) is 59.1 Å². The predicted octanol–water partition coefficient (Wildman–Crippen LogP) is 5.71. The molecule has 1 aromatic rings. The van der Waals surface area contributed by atoms with E-state index in [9.17, 15) is 9.59 Å². The van der Waals surface area contributed by atoms with Crippen molar-refractivity contribution in [3.63, 3.8) is 0 Å². The average molecular weight is 471 g/mol. The number of fused-ring (bicyclic) bond motifs is 2. The van der Waals surface area contributed by atoms with Crippen LogP contribution in [0.15, 0.2) is 36.4 Å². The molecule has 5 nitrogen and oxygen atoms in total. The van der Waals surface area contributed by atoms with Gasteiger partial charge in [0, 0.05) is 12.0 Å². The van der Waals surface area contributed by atoms with Crippen LogP contribution in [-0.2, 0) is 25.9 Å². The fourth-order valence-corrected chi connectivity index (χ4v) is 11.6. The Morgan fingerprint density at radius 2 is 1.70 bits per heavy atom. The monoisotopic (exact) mass is 470 g/mol. The molecule has 1 heterocycles. The molecule has 0 radical (unpaired) electrons. The van der Waals surface area contributed by atoms with Gasteiger partial charge in [-0.1, -0.05) is 59.8 Å².